The Morgan fingerprint density at radius 2 is 2.25 bits per heavy atom. The van der Waals surface area contributed by atoms with Crippen molar-refractivity contribution in [3.63, 3.8) is 0 Å². The van der Waals surface area contributed by atoms with Crippen molar-refractivity contribution in [2.75, 3.05) is 0 Å². The molecule has 1 nitrogen and oxygen atoms in total. The molecule has 0 spiro atoms. The molecule has 0 amide bonds. The van der Waals surface area contributed by atoms with E-state index in [-0.39, 0.29) is 17.1 Å². The van der Waals surface area contributed by atoms with E-state index in [1.54, 1.807) is 0 Å². The van der Waals surface area contributed by atoms with Gasteiger partial charge in [0.25, 0.3) is 0 Å². The van der Waals surface area contributed by atoms with Crippen LogP contribution in [0, 0.1) is 17.3 Å². The van der Waals surface area contributed by atoms with Gasteiger partial charge in [-0.1, -0.05) is 38.2 Å². The van der Waals surface area contributed by atoms with Crippen molar-refractivity contribution in [1.29, 1.82) is 0 Å². The van der Waals surface area contributed by atoms with E-state index in [4.69, 9.17) is 0 Å². The van der Waals surface area contributed by atoms with Gasteiger partial charge in [0.1, 0.15) is 0 Å². The molecule has 0 bridgehead atoms. The quantitative estimate of drug-likeness (QED) is 0.611. The van der Waals surface area contributed by atoms with Gasteiger partial charge in [0.2, 0.25) is 0 Å². The van der Waals surface area contributed by atoms with E-state index >= 15 is 0 Å². The zero-order valence-corrected chi connectivity index (χ0v) is 10.4. The maximum absolute atomic E-state index is 12.0. The summed E-state index contributed by atoms with van der Waals surface area (Å²) >= 11 is 0. The highest BCUT2D eigenvalue weighted by Gasteiger charge is 2.42. The summed E-state index contributed by atoms with van der Waals surface area (Å²) < 4.78 is 0. The fraction of sp³-hybridized carbons (Fsp3) is 0.533. The van der Waals surface area contributed by atoms with Gasteiger partial charge in [-0.05, 0) is 42.7 Å². The highest BCUT2D eigenvalue weighted by molar-refractivity contribution is 5.96. The molecule has 86 valence electrons. The molecule has 0 heterocycles. The predicted molar refractivity (Wildman–Crippen MR) is 67.0 cm³/mol. The summed E-state index contributed by atoms with van der Waals surface area (Å²) in [7, 11) is 0. The number of ketones is 1. The number of fused-ring (bicyclic) bond motifs is 1. The minimum absolute atomic E-state index is 0.0303. The van der Waals surface area contributed by atoms with E-state index in [1.165, 1.54) is 5.57 Å². The summed E-state index contributed by atoms with van der Waals surface area (Å²) in [5, 5.41) is 0. The van der Waals surface area contributed by atoms with Crippen LogP contribution in [0.3, 0.4) is 0 Å². The Balaban J connectivity index is 2.44. The summed E-state index contributed by atoms with van der Waals surface area (Å²) in [6.45, 7) is 10.5. The van der Waals surface area contributed by atoms with E-state index < -0.39 is 0 Å². The van der Waals surface area contributed by atoms with Gasteiger partial charge in [0.15, 0.2) is 5.78 Å². The zero-order valence-electron chi connectivity index (χ0n) is 10.4. The first-order valence-electron chi connectivity index (χ1n) is 6.03. The summed E-state index contributed by atoms with van der Waals surface area (Å²) in [6, 6.07) is 0. The average molecular weight is 216 g/mol. The molecule has 16 heavy (non-hydrogen) atoms. The van der Waals surface area contributed by atoms with Crippen LogP contribution in [-0.4, -0.2) is 5.78 Å². The lowest BCUT2D eigenvalue weighted by molar-refractivity contribution is -0.119. The average Bonchev–Trinajstić information content (AvgIpc) is 2.20. The van der Waals surface area contributed by atoms with Gasteiger partial charge in [-0.25, -0.2) is 0 Å². The second-order valence-electron chi connectivity index (χ2n) is 5.56. The van der Waals surface area contributed by atoms with Crippen LogP contribution < -0.4 is 0 Å². The Morgan fingerprint density at radius 3 is 2.88 bits per heavy atom. The topological polar surface area (TPSA) is 17.1 Å². The molecule has 0 aliphatic heterocycles. The smallest absolute Gasteiger partial charge is 0.163 e. The maximum Gasteiger partial charge on any atom is 0.163 e. The van der Waals surface area contributed by atoms with Crippen molar-refractivity contribution in [3.05, 3.63) is 36.0 Å². The number of carbonyl (C=O) groups excluding carboxylic acids is 1. The van der Waals surface area contributed by atoms with Gasteiger partial charge >= 0.3 is 0 Å². The van der Waals surface area contributed by atoms with Crippen LogP contribution in [-0.2, 0) is 4.79 Å². The molecule has 2 aliphatic carbocycles. The first-order valence-corrected chi connectivity index (χ1v) is 6.03. The first kappa shape index (κ1) is 11.4. The largest absolute Gasteiger partial charge is 0.294 e. The minimum Gasteiger partial charge on any atom is -0.294 e. The molecule has 0 unspecified atom stereocenters. The molecule has 3 atom stereocenters. The van der Waals surface area contributed by atoms with Gasteiger partial charge in [0, 0.05) is 5.92 Å². The van der Waals surface area contributed by atoms with Crippen molar-refractivity contribution in [3.8, 4) is 0 Å². The fourth-order valence-electron chi connectivity index (χ4n) is 2.86. The predicted octanol–water partition coefficient (Wildman–Crippen LogP) is 3.68. The van der Waals surface area contributed by atoms with Gasteiger partial charge in [-0.3, -0.25) is 4.79 Å². The van der Waals surface area contributed by atoms with Crippen molar-refractivity contribution >= 4 is 5.78 Å². The second kappa shape index (κ2) is 3.73. The maximum atomic E-state index is 12.0. The Labute approximate surface area is 97.9 Å². The van der Waals surface area contributed by atoms with Gasteiger partial charge in [-0.15, -0.1) is 0 Å². The molecule has 1 heteroatoms. The summed E-state index contributed by atoms with van der Waals surface area (Å²) in [5.74, 6) is 0.875. The highest BCUT2D eigenvalue weighted by atomic mass is 16.1. The molecule has 0 saturated carbocycles. The molecule has 0 saturated heterocycles. The molecular weight excluding hydrogens is 196 g/mol. The highest BCUT2D eigenvalue weighted by Crippen LogP contribution is 2.49. The third-order valence-corrected chi connectivity index (χ3v) is 4.40. The molecule has 2 rings (SSSR count). The SMILES string of the molecule is C=C(C)[C@H]1C[C@@]2(C)C(=CC1=O)C=CC[C@@H]2C. The lowest BCUT2D eigenvalue weighted by Gasteiger charge is -2.44. The summed E-state index contributed by atoms with van der Waals surface area (Å²) in [4.78, 5) is 12.0. The normalized spacial score (nSPS) is 37.9. The Hall–Kier alpha value is -1.11. The molecule has 0 aromatic heterocycles. The van der Waals surface area contributed by atoms with Crippen molar-refractivity contribution < 1.29 is 4.79 Å². The Bertz CT molecular complexity index is 400. The number of hydrogen-bond donors (Lipinski definition) is 0. The molecule has 0 N–H and O–H groups in total. The van der Waals surface area contributed by atoms with Crippen molar-refractivity contribution in [1.82, 2.24) is 0 Å². The molecular formula is C15H20O. The van der Waals surface area contributed by atoms with Crippen LogP contribution in [0.2, 0.25) is 0 Å². The van der Waals surface area contributed by atoms with Crippen LogP contribution in [0.4, 0.5) is 0 Å². The molecule has 0 fully saturated rings. The zero-order chi connectivity index (χ0) is 11.9. The van der Waals surface area contributed by atoms with Crippen LogP contribution in [0.1, 0.15) is 33.6 Å². The summed E-state index contributed by atoms with van der Waals surface area (Å²) in [6.07, 6.45) is 8.21. The third kappa shape index (κ3) is 1.59. The second-order valence-corrected chi connectivity index (χ2v) is 5.56. The number of carbonyl (C=O) groups is 1. The van der Waals surface area contributed by atoms with Gasteiger partial charge in [-0.2, -0.15) is 0 Å². The van der Waals surface area contributed by atoms with Gasteiger partial charge < -0.3 is 0 Å². The van der Waals surface area contributed by atoms with Crippen molar-refractivity contribution in [2.24, 2.45) is 17.3 Å². The molecule has 2 aliphatic rings. The van der Waals surface area contributed by atoms with Crippen LogP contribution >= 0.6 is 0 Å². The number of allylic oxidation sites excluding steroid dienone is 5. The molecule has 0 aromatic rings. The lowest BCUT2D eigenvalue weighted by atomic mass is 9.59. The minimum atomic E-state index is 0.0303. The van der Waals surface area contributed by atoms with Crippen LogP contribution in [0.5, 0.6) is 0 Å². The lowest BCUT2D eigenvalue weighted by Crippen LogP contribution is -2.37. The van der Waals surface area contributed by atoms with Gasteiger partial charge in [0.05, 0.1) is 0 Å². The first-order chi connectivity index (χ1) is 7.45. The number of rotatable bonds is 1. The van der Waals surface area contributed by atoms with E-state index in [2.05, 4.69) is 32.6 Å². The molecule has 0 radical (unpaired) electrons. The Morgan fingerprint density at radius 1 is 1.56 bits per heavy atom. The van der Waals surface area contributed by atoms with E-state index in [0.29, 0.717) is 5.92 Å². The number of hydrogen-bond acceptors (Lipinski definition) is 1. The third-order valence-electron chi connectivity index (χ3n) is 4.40. The van der Waals surface area contributed by atoms with E-state index in [0.717, 1.165) is 18.4 Å². The fourth-order valence-corrected chi connectivity index (χ4v) is 2.86. The van der Waals surface area contributed by atoms with E-state index in [1.807, 2.05) is 13.0 Å². The monoisotopic (exact) mass is 216 g/mol. The van der Waals surface area contributed by atoms with Crippen LogP contribution in [0.15, 0.2) is 36.0 Å². The van der Waals surface area contributed by atoms with E-state index in [9.17, 15) is 4.79 Å². The van der Waals surface area contributed by atoms with Crippen molar-refractivity contribution in [2.45, 2.75) is 33.6 Å². The molecule has 0 aromatic carbocycles. The summed E-state index contributed by atoms with van der Waals surface area (Å²) in [5.41, 5.74) is 2.38. The standard InChI is InChI=1S/C15H20O/c1-10(2)13-9-15(4)11(3)6-5-7-12(15)8-14(13)16/h5,7-8,11,13H,1,6,9H2,2-4H3/t11-,13+,15+/m0/s1. The Kier molecular flexibility index (Phi) is 2.65. The van der Waals surface area contributed by atoms with Crippen LogP contribution in [0.25, 0.3) is 0 Å².